The summed E-state index contributed by atoms with van der Waals surface area (Å²) in [6, 6.07) is 13.2. The summed E-state index contributed by atoms with van der Waals surface area (Å²) < 4.78 is 0. The molecular weight excluding hydrogens is 334 g/mol. The minimum atomic E-state index is -0.475. The van der Waals surface area contributed by atoms with Gasteiger partial charge in [0.1, 0.15) is 5.70 Å². The first-order chi connectivity index (χ1) is 12.3. The van der Waals surface area contributed by atoms with E-state index in [4.69, 9.17) is 4.99 Å². The number of amides is 1. The maximum absolute atomic E-state index is 12.8. The van der Waals surface area contributed by atoms with Crippen molar-refractivity contribution in [2.45, 2.75) is 6.17 Å². The Hall–Kier alpha value is -2.93. The third kappa shape index (κ3) is 2.83. The van der Waals surface area contributed by atoms with E-state index in [1.807, 2.05) is 42.5 Å². The van der Waals surface area contributed by atoms with Gasteiger partial charge in [-0.05, 0) is 18.2 Å². The molecule has 2 aliphatic rings. The molecule has 1 N–H and O–H groups in total. The van der Waals surface area contributed by atoms with Gasteiger partial charge < -0.3 is 0 Å². The number of benzene rings is 1. The van der Waals surface area contributed by atoms with Gasteiger partial charge in [0.15, 0.2) is 11.3 Å². The lowest BCUT2D eigenvalue weighted by atomic mass is 10.1. The Kier molecular flexibility index (Phi) is 4.07. The summed E-state index contributed by atoms with van der Waals surface area (Å²) in [5.74, 6) is 0.467. The normalized spacial score (nSPS) is 18.5. The van der Waals surface area contributed by atoms with E-state index in [-0.39, 0.29) is 5.91 Å². The van der Waals surface area contributed by atoms with Gasteiger partial charge in [0.05, 0.1) is 11.1 Å². The van der Waals surface area contributed by atoms with Crippen LogP contribution in [-0.4, -0.2) is 26.8 Å². The van der Waals surface area contributed by atoms with Crippen LogP contribution in [0.3, 0.4) is 0 Å². The zero-order valence-electron chi connectivity index (χ0n) is 13.3. The molecule has 1 aromatic carbocycles. The predicted octanol–water partition coefficient (Wildman–Crippen LogP) is 1.14. The number of para-hydroxylation sites is 1. The van der Waals surface area contributed by atoms with Crippen LogP contribution in [0.4, 0.5) is 0 Å². The molecule has 1 atom stereocenters. The Morgan fingerprint density at radius 1 is 1.24 bits per heavy atom. The number of rotatable bonds is 3. The zero-order chi connectivity index (χ0) is 17.2. The highest BCUT2D eigenvalue weighted by molar-refractivity contribution is 8.14. The van der Waals surface area contributed by atoms with Crippen molar-refractivity contribution in [1.29, 1.82) is 0 Å². The molecule has 1 aromatic heterocycles. The molecule has 2 aliphatic heterocycles. The van der Waals surface area contributed by atoms with E-state index >= 15 is 0 Å². The number of aromatic nitrogens is 1. The largest absolute Gasteiger partial charge is 0.298 e. The second-order valence-electron chi connectivity index (χ2n) is 5.43. The predicted molar refractivity (Wildman–Crippen MR) is 97.7 cm³/mol. The molecule has 0 unspecified atom stereocenters. The fourth-order valence-corrected chi connectivity index (χ4v) is 3.34. The lowest BCUT2D eigenvalue weighted by Crippen LogP contribution is -2.50. The smallest absolute Gasteiger partial charge is 0.276 e. The maximum atomic E-state index is 12.8. The van der Waals surface area contributed by atoms with Gasteiger partial charge in [0.2, 0.25) is 0 Å². The molecule has 0 bridgehead atoms. The molecule has 6 nitrogen and oxygen atoms in total. The molecule has 7 heteroatoms. The van der Waals surface area contributed by atoms with Crippen molar-refractivity contribution in [3.8, 4) is 0 Å². The molecule has 0 fully saturated rings. The van der Waals surface area contributed by atoms with Crippen molar-refractivity contribution in [1.82, 2.24) is 15.3 Å². The van der Waals surface area contributed by atoms with Crippen molar-refractivity contribution in [2.75, 3.05) is 5.75 Å². The van der Waals surface area contributed by atoms with Gasteiger partial charge in [0, 0.05) is 17.2 Å². The molecule has 0 spiro atoms. The van der Waals surface area contributed by atoms with E-state index in [1.54, 1.807) is 17.3 Å². The van der Waals surface area contributed by atoms with Crippen molar-refractivity contribution in [3.05, 3.63) is 77.6 Å². The van der Waals surface area contributed by atoms with Gasteiger partial charge in [-0.2, -0.15) is 0 Å². The Morgan fingerprint density at radius 2 is 2.08 bits per heavy atom. The molecular formula is C18H15N5OS. The van der Waals surface area contributed by atoms with Gasteiger partial charge >= 0.3 is 0 Å². The molecule has 124 valence electrons. The highest BCUT2D eigenvalue weighted by Gasteiger charge is 2.34. The number of fused-ring (bicyclic) bond motifs is 2. The zero-order valence-corrected chi connectivity index (χ0v) is 14.1. The lowest BCUT2D eigenvalue weighted by Gasteiger charge is -2.33. The standard InChI is InChI=1S/C18H15N5OS/c1-2-11-25-18-21-17(24)15-12-7-3-4-8-13(12)20-16(23(15)22-18)14-9-5-6-10-19-14/h2-10,16H,1,11H2,(H,21,22,24)/t16-/m0/s1. The number of carbonyl (C=O) groups is 1. The summed E-state index contributed by atoms with van der Waals surface area (Å²) >= 11 is 1.42. The number of hydrogen-bond acceptors (Lipinski definition) is 6. The summed E-state index contributed by atoms with van der Waals surface area (Å²) in [4.78, 5) is 22.0. The number of hydrogen-bond donors (Lipinski definition) is 1. The molecule has 25 heavy (non-hydrogen) atoms. The number of amidine groups is 1. The first kappa shape index (κ1) is 15.6. The topological polar surface area (TPSA) is 70.0 Å². The second kappa shape index (κ2) is 6.52. The van der Waals surface area contributed by atoms with E-state index < -0.39 is 6.17 Å². The summed E-state index contributed by atoms with van der Waals surface area (Å²) in [7, 11) is 0. The number of thioether (sulfide) groups is 1. The van der Waals surface area contributed by atoms with Gasteiger partial charge in [0.25, 0.3) is 5.91 Å². The van der Waals surface area contributed by atoms with Crippen LogP contribution in [-0.2, 0) is 4.79 Å². The van der Waals surface area contributed by atoms with Gasteiger partial charge in [-0.3, -0.25) is 20.1 Å². The Bertz CT molecular complexity index is 986. The van der Waals surface area contributed by atoms with Crippen LogP contribution in [0.5, 0.6) is 0 Å². The van der Waals surface area contributed by atoms with E-state index in [9.17, 15) is 4.79 Å². The first-order valence-electron chi connectivity index (χ1n) is 7.79. The third-order valence-corrected chi connectivity index (χ3v) is 4.67. The fraction of sp³-hybridized carbons (Fsp3) is 0.111. The monoisotopic (exact) mass is 349 g/mol. The third-order valence-electron chi connectivity index (χ3n) is 3.81. The van der Waals surface area contributed by atoms with E-state index in [1.165, 1.54) is 11.8 Å². The minimum absolute atomic E-state index is 0.190. The van der Waals surface area contributed by atoms with Crippen LogP contribution in [0.1, 0.15) is 11.9 Å². The molecule has 1 amide bonds. The number of carbonyl (C=O) groups excluding carboxylic acids is 1. The quantitative estimate of drug-likeness (QED) is 0.844. The highest BCUT2D eigenvalue weighted by atomic mass is 32.2. The Labute approximate surface area is 148 Å². The summed E-state index contributed by atoms with van der Waals surface area (Å²) in [5.41, 5.74) is 1.23. The minimum Gasteiger partial charge on any atom is -0.298 e. The molecule has 0 saturated carbocycles. The van der Waals surface area contributed by atoms with Crippen molar-refractivity contribution in [3.63, 3.8) is 0 Å². The van der Waals surface area contributed by atoms with Crippen molar-refractivity contribution in [2.24, 2.45) is 10.1 Å². The molecule has 2 aromatic rings. The van der Waals surface area contributed by atoms with Crippen LogP contribution < -0.4 is 15.9 Å². The van der Waals surface area contributed by atoms with Crippen LogP contribution in [0.15, 0.2) is 71.4 Å². The van der Waals surface area contributed by atoms with E-state index in [0.29, 0.717) is 16.6 Å². The van der Waals surface area contributed by atoms with Gasteiger partial charge in [-0.15, -0.1) is 11.7 Å². The van der Waals surface area contributed by atoms with Crippen LogP contribution in [0.2, 0.25) is 0 Å². The molecule has 4 rings (SSSR count). The fourth-order valence-electron chi connectivity index (χ4n) is 2.75. The number of nitrogens with one attached hydrogen (secondary N) is 1. The van der Waals surface area contributed by atoms with Crippen LogP contribution in [0.25, 0.3) is 5.70 Å². The Morgan fingerprint density at radius 3 is 2.88 bits per heavy atom. The van der Waals surface area contributed by atoms with Crippen LogP contribution >= 0.6 is 11.8 Å². The van der Waals surface area contributed by atoms with Crippen molar-refractivity contribution < 1.29 is 4.79 Å². The number of nitrogens with zero attached hydrogens (tertiary/aromatic N) is 4. The first-order valence-corrected chi connectivity index (χ1v) is 8.77. The highest BCUT2D eigenvalue weighted by Crippen LogP contribution is 2.29. The maximum Gasteiger partial charge on any atom is 0.276 e. The second-order valence-corrected chi connectivity index (χ2v) is 6.44. The summed E-state index contributed by atoms with van der Waals surface area (Å²) in [6.45, 7) is 3.70. The van der Waals surface area contributed by atoms with Gasteiger partial charge in [-0.1, -0.05) is 42.1 Å². The van der Waals surface area contributed by atoms with Crippen molar-refractivity contribution >= 4 is 28.5 Å². The number of hydrazone groups is 1. The molecule has 0 saturated heterocycles. The Balaban J connectivity index is 1.91. The average molecular weight is 349 g/mol. The molecule has 0 aliphatic carbocycles. The SMILES string of the molecule is C=CCSC1=NN2C(=c3ccccc3=N[C@@H]2c2ccccn2)C(=O)N1. The lowest BCUT2D eigenvalue weighted by molar-refractivity contribution is -0.116. The van der Waals surface area contributed by atoms with Crippen LogP contribution in [0, 0.1) is 0 Å². The van der Waals surface area contributed by atoms with Gasteiger partial charge in [-0.25, -0.2) is 5.01 Å². The summed E-state index contributed by atoms with van der Waals surface area (Å²) in [5, 5.41) is 11.2. The van der Waals surface area contributed by atoms with E-state index in [2.05, 4.69) is 22.0 Å². The van der Waals surface area contributed by atoms with E-state index in [0.717, 1.165) is 16.3 Å². The summed E-state index contributed by atoms with van der Waals surface area (Å²) in [6.07, 6.45) is 3.01. The molecule has 3 heterocycles. The molecule has 0 radical (unpaired) electrons. The average Bonchev–Trinajstić information content (AvgIpc) is 2.66. The number of pyridine rings is 1.